The molecule has 0 spiro atoms. The molecule has 1 fully saturated rings. The van der Waals surface area contributed by atoms with E-state index in [0.717, 1.165) is 24.3 Å². The van der Waals surface area contributed by atoms with Crippen LogP contribution in [-0.4, -0.2) is 6.36 Å². The van der Waals surface area contributed by atoms with E-state index in [1.807, 2.05) is 0 Å². The maximum Gasteiger partial charge on any atom is 0.573 e. The van der Waals surface area contributed by atoms with Crippen LogP contribution < -0.4 is 4.74 Å². The Labute approximate surface area is 137 Å². The quantitative estimate of drug-likeness (QED) is 0.498. The minimum atomic E-state index is -4.61. The number of hydrogen-bond acceptors (Lipinski definition) is 1. The summed E-state index contributed by atoms with van der Waals surface area (Å²) in [5, 5.41) is 0. The van der Waals surface area contributed by atoms with Gasteiger partial charge in [-0.1, -0.05) is 51.2 Å². The topological polar surface area (TPSA) is 9.23 Å². The molecule has 0 N–H and O–H groups in total. The first-order chi connectivity index (χ1) is 11.0. The second kappa shape index (κ2) is 8.60. The third-order valence-electron chi connectivity index (χ3n) is 4.90. The summed E-state index contributed by atoms with van der Waals surface area (Å²) in [5.74, 6) is 1.20. The van der Waals surface area contributed by atoms with Crippen molar-refractivity contribution in [3.05, 3.63) is 29.8 Å². The number of rotatable bonds is 7. The average Bonchev–Trinajstić information content (AvgIpc) is 2.52. The standard InChI is InChI=1S/C19H27F3O/c1-2-3-4-5-6-15-7-9-16(10-8-15)17-11-13-18(14-12-17)23-19(20,21)22/h11-16H,2-10H2,1H3/t15-,16-. The van der Waals surface area contributed by atoms with Gasteiger partial charge >= 0.3 is 6.36 Å². The van der Waals surface area contributed by atoms with Crippen LogP contribution in [0.5, 0.6) is 5.75 Å². The predicted octanol–water partition coefficient (Wildman–Crippen LogP) is 6.83. The lowest BCUT2D eigenvalue weighted by molar-refractivity contribution is -0.274. The molecule has 0 bridgehead atoms. The molecule has 2 rings (SSSR count). The summed E-state index contributed by atoms with van der Waals surface area (Å²) in [5.41, 5.74) is 1.14. The molecule has 4 heteroatoms. The normalized spacial score (nSPS) is 22.1. The summed E-state index contributed by atoms with van der Waals surface area (Å²) in [6.45, 7) is 2.23. The highest BCUT2D eigenvalue weighted by Gasteiger charge is 2.31. The Bertz CT molecular complexity index is 445. The van der Waals surface area contributed by atoms with Crippen LogP contribution in [0.25, 0.3) is 0 Å². The number of halogens is 3. The van der Waals surface area contributed by atoms with Gasteiger partial charge in [0.05, 0.1) is 0 Å². The number of hydrogen-bond donors (Lipinski definition) is 0. The third-order valence-corrected chi connectivity index (χ3v) is 4.90. The van der Waals surface area contributed by atoms with Crippen molar-refractivity contribution in [1.82, 2.24) is 0 Å². The molecule has 0 amide bonds. The van der Waals surface area contributed by atoms with Gasteiger partial charge < -0.3 is 4.74 Å². The molecule has 0 atom stereocenters. The smallest absolute Gasteiger partial charge is 0.406 e. The number of unbranched alkanes of at least 4 members (excludes halogenated alkanes) is 3. The highest BCUT2D eigenvalue weighted by Crippen LogP contribution is 2.38. The highest BCUT2D eigenvalue weighted by molar-refractivity contribution is 5.29. The summed E-state index contributed by atoms with van der Waals surface area (Å²) in [7, 11) is 0. The van der Waals surface area contributed by atoms with Crippen LogP contribution in [0.2, 0.25) is 0 Å². The van der Waals surface area contributed by atoms with Crippen molar-refractivity contribution < 1.29 is 17.9 Å². The molecule has 23 heavy (non-hydrogen) atoms. The van der Waals surface area contributed by atoms with E-state index < -0.39 is 6.36 Å². The first-order valence-corrected chi connectivity index (χ1v) is 8.83. The van der Waals surface area contributed by atoms with Crippen molar-refractivity contribution in [3.8, 4) is 5.75 Å². The van der Waals surface area contributed by atoms with E-state index in [0.29, 0.717) is 5.92 Å². The monoisotopic (exact) mass is 328 g/mol. The molecule has 0 aromatic heterocycles. The first-order valence-electron chi connectivity index (χ1n) is 8.83. The summed E-state index contributed by atoms with van der Waals surface area (Å²) in [4.78, 5) is 0. The molecule has 1 aromatic rings. The van der Waals surface area contributed by atoms with E-state index in [2.05, 4.69) is 11.7 Å². The largest absolute Gasteiger partial charge is 0.573 e. The molecule has 1 aliphatic rings. The van der Waals surface area contributed by atoms with Crippen LogP contribution in [0.3, 0.4) is 0 Å². The fourth-order valence-corrected chi connectivity index (χ4v) is 3.59. The molecule has 1 aromatic carbocycles. The zero-order valence-corrected chi connectivity index (χ0v) is 13.9. The van der Waals surface area contributed by atoms with Gasteiger partial charge in [0.1, 0.15) is 5.75 Å². The fourth-order valence-electron chi connectivity index (χ4n) is 3.59. The van der Waals surface area contributed by atoms with E-state index >= 15 is 0 Å². The van der Waals surface area contributed by atoms with E-state index in [-0.39, 0.29) is 5.75 Å². The van der Waals surface area contributed by atoms with Crippen LogP contribution in [0, 0.1) is 5.92 Å². The molecular weight excluding hydrogens is 301 g/mol. The summed E-state index contributed by atoms with van der Waals surface area (Å²) in [6, 6.07) is 6.43. The molecule has 130 valence electrons. The summed E-state index contributed by atoms with van der Waals surface area (Å²) >= 11 is 0. The van der Waals surface area contributed by atoms with Gasteiger partial charge in [-0.3, -0.25) is 0 Å². The molecular formula is C19H27F3O. The molecule has 0 saturated heterocycles. The second-order valence-corrected chi connectivity index (χ2v) is 6.68. The van der Waals surface area contributed by atoms with Gasteiger partial charge in [-0.05, 0) is 55.2 Å². The molecule has 0 aliphatic heterocycles. The number of alkyl halides is 3. The van der Waals surface area contributed by atoms with Crippen molar-refractivity contribution in [2.45, 2.75) is 77.0 Å². The van der Waals surface area contributed by atoms with Crippen molar-refractivity contribution in [2.24, 2.45) is 5.92 Å². The van der Waals surface area contributed by atoms with Crippen molar-refractivity contribution in [1.29, 1.82) is 0 Å². The maximum absolute atomic E-state index is 12.2. The Morgan fingerprint density at radius 1 is 0.957 bits per heavy atom. The maximum atomic E-state index is 12.2. The lowest BCUT2D eigenvalue weighted by atomic mass is 9.77. The summed E-state index contributed by atoms with van der Waals surface area (Å²) < 4.78 is 40.4. The van der Waals surface area contributed by atoms with Crippen molar-refractivity contribution >= 4 is 0 Å². The zero-order chi connectivity index (χ0) is 16.7. The predicted molar refractivity (Wildman–Crippen MR) is 86.6 cm³/mol. The van der Waals surface area contributed by atoms with Crippen LogP contribution >= 0.6 is 0 Å². The van der Waals surface area contributed by atoms with Crippen molar-refractivity contribution in [3.63, 3.8) is 0 Å². The number of benzene rings is 1. The van der Waals surface area contributed by atoms with Gasteiger partial charge in [-0.25, -0.2) is 0 Å². The zero-order valence-electron chi connectivity index (χ0n) is 13.9. The van der Waals surface area contributed by atoms with Gasteiger partial charge in [0.2, 0.25) is 0 Å². The van der Waals surface area contributed by atoms with Gasteiger partial charge in [0.15, 0.2) is 0 Å². The Morgan fingerprint density at radius 2 is 1.61 bits per heavy atom. The molecule has 1 aliphatic carbocycles. The van der Waals surface area contributed by atoms with Crippen LogP contribution in [0.1, 0.15) is 76.2 Å². The fraction of sp³-hybridized carbons (Fsp3) is 0.684. The Morgan fingerprint density at radius 3 is 2.17 bits per heavy atom. The minimum absolute atomic E-state index is 0.133. The molecule has 0 radical (unpaired) electrons. The average molecular weight is 328 g/mol. The lowest BCUT2D eigenvalue weighted by Crippen LogP contribution is -2.17. The Balaban J connectivity index is 1.76. The Kier molecular flexibility index (Phi) is 6.79. The summed E-state index contributed by atoms with van der Waals surface area (Å²) in [6.07, 6.45) is 6.82. The van der Waals surface area contributed by atoms with E-state index in [4.69, 9.17) is 0 Å². The van der Waals surface area contributed by atoms with Gasteiger partial charge in [-0.2, -0.15) is 0 Å². The van der Waals surface area contributed by atoms with E-state index in [1.54, 1.807) is 12.1 Å². The van der Waals surface area contributed by atoms with Crippen LogP contribution in [0.4, 0.5) is 13.2 Å². The lowest BCUT2D eigenvalue weighted by Gasteiger charge is -2.29. The third kappa shape index (κ3) is 6.44. The van der Waals surface area contributed by atoms with Gasteiger partial charge in [0, 0.05) is 0 Å². The van der Waals surface area contributed by atoms with Gasteiger partial charge in [-0.15, -0.1) is 13.2 Å². The minimum Gasteiger partial charge on any atom is -0.406 e. The molecule has 1 nitrogen and oxygen atoms in total. The second-order valence-electron chi connectivity index (χ2n) is 6.68. The number of ether oxygens (including phenoxy) is 1. The molecule has 0 unspecified atom stereocenters. The van der Waals surface area contributed by atoms with Crippen molar-refractivity contribution in [2.75, 3.05) is 0 Å². The van der Waals surface area contributed by atoms with E-state index in [1.165, 1.54) is 57.1 Å². The van der Waals surface area contributed by atoms with Gasteiger partial charge in [0.25, 0.3) is 0 Å². The van der Waals surface area contributed by atoms with Crippen LogP contribution in [-0.2, 0) is 0 Å². The molecule has 0 heterocycles. The van der Waals surface area contributed by atoms with Crippen LogP contribution in [0.15, 0.2) is 24.3 Å². The highest BCUT2D eigenvalue weighted by atomic mass is 19.4. The molecule has 1 saturated carbocycles. The Hall–Kier alpha value is -1.19. The SMILES string of the molecule is CCCCCC[C@H]1CC[C@H](c2ccc(OC(F)(F)F)cc2)CC1. The van der Waals surface area contributed by atoms with E-state index in [9.17, 15) is 13.2 Å². The first kappa shape index (κ1) is 18.2.